The molecule has 5 heteroatoms. The lowest BCUT2D eigenvalue weighted by atomic mass is 10.0. The maximum absolute atomic E-state index is 10.9. The summed E-state index contributed by atoms with van der Waals surface area (Å²) in [6.45, 7) is 4.25. The minimum absolute atomic E-state index is 0.214. The van der Waals surface area contributed by atoms with Gasteiger partial charge in [0.15, 0.2) is 0 Å². The second-order valence-corrected chi connectivity index (χ2v) is 4.56. The molecule has 0 bridgehead atoms. The monoisotopic (exact) mass is 264 g/mol. The van der Waals surface area contributed by atoms with Crippen LogP contribution in [0.25, 0.3) is 0 Å². The van der Waals surface area contributed by atoms with Crippen molar-refractivity contribution in [3.05, 3.63) is 35.9 Å². The Morgan fingerprint density at radius 1 is 1.21 bits per heavy atom. The number of hydrogen-bond acceptors (Lipinski definition) is 3. The zero-order valence-corrected chi connectivity index (χ0v) is 11.2. The van der Waals surface area contributed by atoms with E-state index in [2.05, 4.69) is 17.6 Å². The lowest BCUT2D eigenvalue weighted by Gasteiger charge is -2.17. The maximum atomic E-state index is 10.9. The quantitative estimate of drug-likeness (QED) is 0.685. The summed E-state index contributed by atoms with van der Waals surface area (Å²) in [4.78, 5) is 21.8. The highest BCUT2D eigenvalue weighted by molar-refractivity contribution is 5.82. The molecule has 0 saturated carbocycles. The number of carboxylic acids is 1. The van der Waals surface area contributed by atoms with Gasteiger partial charge in [-0.25, -0.2) is 4.79 Å². The van der Waals surface area contributed by atoms with Crippen LogP contribution in [-0.4, -0.2) is 36.1 Å². The molecule has 0 fully saturated rings. The summed E-state index contributed by atoms with van der Waals surface area (Å²) in [5, 5.41) is 14.4. The van der Waals surface area contributed by atoms with Gasteiger partial charge in [0.25, 0.3) is 0 Å². The Labute approximate surface area is 113 Å². The molecule has 19 heavy (non-hydrogen) atoms. The smallest absolute Gasteiger partial charge is 0.327 e. The molecule has 2 atom stereocenters. The Morgan fingerprint density at radius 3 is 2.37 bits per heavy atom. The van der Waals surface area contributed by atoms with Gasteiger partial charge in [-0.1, -0.05) is 37.3 Å². The second-order valence-electron chi connectivity index (χ2n) is 4.56. The molecule has 0 saturated heterocycles. The molecule has 3 N–H and O–H groups in total. The predicted molar refractivity (Wildman–Crippen MR) is 73.0 cm³/mol. The Hall–Kier alpha value is -1.88. The van der Waals surface area contributed by atoms with Gasteiger partial charge in [0.05, 0.1) is 0 Å². The Balaban J connectivity index is 2.40. The summed E-state index contributed by atoms with van der Waals surface area (Å²) in [5.74, 6) is -1.09. The summed E-state index contributed by atoms with van der Waals surface area (Å²) < 4.78 is 0. The molecule has 104 valence electrons. The number of nitrogens with one attached hydrogen (secondary N) is 2. The number of aliphatic carboxylic acids is 1. The van der Waals surface area contributed by atoms with Crippen molar-refractivity contribution >= 4 is 11.9 Å². The fourth-order valence-corrected chi connectivity index (χ4v) is 1.79. The molecule has 1 aromatic carbocycles. The number of carboxylic acid groups (broad SMARTS) is 1. The second kappa shape index (κ2) is 7.53. The van der Waals surface area contributed by atoms with Crippen molar-refractivity contribution in [2.45, 2.75) is 25.8 Å². The van der Waals surface area contributed by atoms with Crippen LogP contribution < -0.4 is 10.6 Å². The summed E-state index contributed by atoms with van der Waals surface area (Å²) in [7, 11) is 0. The van der Waals surface area contributed by atoms with Gasteiger partial charge in [0.1, 0.15) is 6.04 Å². The first-order chi connectivity index (χ1) is 9.00. The number of benzene rings is 1. The minimum Gasteiger partial charge on any atom is -0.480 e. The van der Waals surface area contributed by atoms with Gasteiger partial charge in [-0.2, -0.15) is 0 Å². The average Bonchev–Trinajstić information content (AvgIpc) is 2.37. The van der Waals surface area contributed by atoms with Gasteiger partial charge in [-0.3, -0.25) is 4.79 Å². The normalized spacial score (nSPS) is 13.6. The fraction of sp³-hybridized carbons (Fsp3) is 0.429. The van der Waals surface area contributed by atoms with E-state index in [1.807, 2.05) is 30.3 Å². The third-order valence-electron chi connectivity index (χ3n) is 2.84. The van der Waals surface area contributed by atoms with Crippen molar-refractivity contribution in [1.82, 2.24) is 10.6 Å². The largest absolute Gasteiger partial charge is 0.480 e. The van der Waals surface area contributed by atoms with E-state index in [4.69, 9.17) is 5.11 Å². The zero-order chi connectivity index (χ0) is 14.3. The maximum Gasteiger partial charge on any atom is 0.327 e. The zero-order valence-electron chi connectivity index (χ0n) is 11.2. The highest BCUT2D eigenvalue weighted by atomic mass is 16.4. The third-order valence-corrected chi connectivity index (χ3v) is 2.84. The van der Waals surface area contributed by atoms with Crippen LogP contribution in [0.4, 0.5) is 0 Å². The van der Waals surface area contributed by atoms with Gasteiger partial charge in [0, 0.05) is 20.0 Å². The first-order valence-corrected chi connectivity index (χ1v) is 6.26. The van der Waals surface area contributed by atoms with E-state index in [9.17, 15) is 9.59 Å². The van der Waals surface area contributed by atoms with Crippen LogP contribution in [0, 0.1) is 0 Å². The standard InChI is InChI=1S/C14H20N2O3/c1-10(12-6-4-3-5-7-12)8-15-9-13(14(18)19)16-11(2)17/h3-7,10,13,15H,8-9H2,1-2H3,(H,16,17)(H,18,19). The summed E-state index contributed by atoms with van der Waals surface area (Å²) in [5.41, 5.74) is 1.20. The lowest BCUT2D eigenvalue weighted by Crippen LogP contribution is -2.47. The number of amides is 1. The summed E-state index contributed by atoms with van der Waals surface area (Å²) in [6.07, 6.45) is 0. The summed E-state index contributed by atoms with van der Waals surface area (Å²) >= 11 is 0. The van der Waals surface area contributed by atoms with Crippen LogP contribution in [0.2, 0.25) is 0 Å². The molecule has 0 aromatic heterocycles. The first-order valence-electron chi connectivity index (χ1n) is 6.26. The molecule has 0 heterocycles. The topological polar surface area (TPSA) is 78.4 Å². The van der Waals surface area contributed by atoms with Crippen molar-refractivity contribution in [1.29, 1.82) is 0 Å². The van der Waals surface area contributed by atoms with Crippen molar-refractivity contribution in [3.63, 3.8) is 0 Å². The number of hydrogen-bond donors (Lipinski definition) is 3. The van der Waals surface area contributed by atoms with Crippen LogP contribution in [0.3, 0.4) is 0 Å². The highest BCUT2D eigenvalue weighted by Crippen LogP contribution is 2.12. The minimum atomic E-state index is -1.03. The van der Waals surface area contributed by atoms with E-state index >= 15 is 0 Å². The Kier molecular flexibility index (Phi) is 6.02. The van der Waals surface area contributed by atoms with Crippen LogP contribution in [-0.2, 0) is 9.59 Å². The fourth-order valence-electron chi connectivity index (χ4n) is 1.79. The molecule has 0 radical (unpaired) electrons. The van der Waals surface area contributed by atoms with Gasteiger partial charge >= 0.3 is 5.97 Å². The third kappa shape index (κ3) is 5.52. The van der Waals surface area contributed by atoms with Crippen LogP contribution in [0.15, 0.2) is 30.3 Å². The molecular weight excluding hydrogens is 244 g/mol. The Morgan fingerprint density at radius 2 is 1.84 bits per heavy atom. The molecule has 0 aliphatic rings. The molecule has 1 aromatic rings. The van der Waals surface area contributed by atoms with E-state index in [1.54, 1.807) is 0 Å². The number of carbonyl (C=O) groups excluding carboxylic acids is 1. The molecule has 1 amide bonds. The van der Waals surface area contributed by atoms with E-state index in [0.29, 0.717) is 6.54 Å². The summed E-state index contributed by atoms with van der Waals surface area (Å²) in [6, 6.07) is 9.09. The Bertz CT molecular complexity index is 420. The van der Waals surface area contributed by atoms with Crippen molar-refractivity contribution < 1.29 is 14.7 Å². The molecule has 1 rings (SSSR count). The molecule has 2 unspecified atom stereocenters. The number of rotatable bonds is 7. The van der Waals surface area contributed by atoms with E-state index < -0.39 is 12.0 Å². The van der Waals surface area contributed by atoms with Crippen LogP contribution in [0.1, 0.15) is 25.3 Å². The number of carbonyl (C=O) groups is 2. The van der Waals surface area contributed by atoms with Crippen molar-refractivity contribution in [3.8, 4) is 0 Å². The van der Waals surface area contributed by atoms with Gasteiger partial charge < -0.3 is 15.7 Å². The molecule has 0 aliphatic carbocycles. The van der Waals surface area contributed by atoms with Crippen LogP contribution >= 0.6 is 0 Å². The first kappa shape index (κ1) is 15.2. The molecule has 0 aliphatic heterocycles. The molecular formula is C14H20N2O3. The van der Waals surface area contributed by atoms with Gasteiger partial charge in [-0.15, -0.1) is 0 Å². The lowest BCUT2D eigenvalue weighted by molar-refractivity contribution is -0.141. The SMILES string of the molecule is CC(=O)NC(CNCC(C)c1ccccc1)C(=O)O. The van der Waals surface area contributed by atoms with Crippen LogP contribution in [0.5, 0.6) is 0 Å². The highest BCUT2D eigenvalue weighted by Gasteiger charge is 2.17. The van der Waals surface area contributed by atoms with E-state index in [0.717, 1.165) is 0 Å². The molecule has 5 nitrogen and oxygen atoms in total. The van der Waals surface area contributed by atoms with Crippen molar-refractivity contribution in [2.24, 2.45) is 0 Å². The van der Waals surface area contributed by atoms with Crippen molar-refractivity contribution in [2.75, 3.05) is 13.1 Å². The predicted octanol–water partition coefficient (Wildman–Crippen LogP) is 0.969. The van der Waals surface area contributed by atoms with E-state index in [-0.39, 0.29) is 18.4 Å². The van der Waals surface area contributed by atoms with E-state index in [1.165, 1.54) is 12.5 Å². The van der Waals surface area contributed by atoms with Gasteiger partial charge in [-0.05, 0) is 11.5 Å². The molecule has 0 spiro atoms. The van der Waals surface area contributed by atoms with Gasteiger partial charge in [0.2, 0.25) is 5.91 Å². The average molecular weight is 264 g/mol.